The van der Waals surface area contributed by atoms with Gasteiger partial charge in [-0.25, -0.2) is 0 Å². The molecule has 2 N–H and O–H groups in total. The number of carbonyl (C=O) groups is 1. The van der Waals surface area contributed by atoms with Crippen LogP contribution in [0.15, 0.2) is 30.5 Å². The number of aromatic nitrogens is 1. The number of anilines is 1. The van der Waals surface area contributed by atoms with Crippen LogP contribution in [-0.2, 0) is 4.79 Å². The summed E-state index contributed by atoms with van der Waals surface area (Å²) in [5, 5.41) is 1.04. The number of benzene rings is 1. The van der Waals surface area contributed by atoms with Gasteiger partial charge in [0.1, 0.15) is 0 Å². The van der Waals surface area contributed by atoms with E-state index in [0.717, 1.165) is 22.2 Å². The first kappa shape index (κ1) is 12.1. The molecule has 3 rings (SSSR count). The van der Waals surface area contributed by atoms with E-state index in [0.29, 0.717) is 19.5 Å². The molecule has 1 fully saturated rings. The number of rotatable bonds is 2. The summed E-state index contributed by atoms with van der Waals surface area (Å²) >= 11 is 0. The molecule has 1 unspecified atom stereocenters. The molecule has 2 aromatic rings. The molecule has 0 saturated carbocycles. The quantitative estimate of drug-likeness (QED) is 0.891. The lowest BCUT2D eigenvalue weighted by Gasteiger charge is -2.21. The van der Waals surface area contributed by atoms with Crippen molar-refractivity contribution >= 4 is 22.5 Å². The predicted octanol–water partition coefficient (Wildman–Crippen LogP) is 1.85. The first-order valence-corrected chi connectivity index (χ1v) is 6.55. The van der Waals surface area contributed by atoms with Gasteiger partial charge in [0, 0.05) is 24.5 Å². The number of carbonyl (C=O) groups excluding carboxylic acids is 1. The molecule has 1 amide bonds. The summed E-state index contributed by atoms with van der Waals surface area (Å²) in [4.78, 5) is 18.4. The van der Waals surface area contributed by atoms with Gasteiger partial charge in [-0.05, 0) is 43.1 Å². The lowest BCUT2D eigenvalue weighted by molar-refractivity contribution is -0.117. The average molecular weight is 255 g/mol. The second-order valence-electron chi connectivity index (χ2n) is 5.11. The summed E-state index contributed by atoms with van der Waals surface area (Å²) in [5.74, 6) is 0.425. The number of nitrogens with two attached hydrogens (primary N) is 1. The third-order valence-electron chi connectivity index (χ3n) is 3.77. The molecule has 4 nitrogen and oxygen atoms in total. The van der Waals surface area contributed by atoms with Crippen molar-refractivity contribution < 1.29 is 4.79 Å². The maximum atomic E-state index is 12.2. The summed E-state index contributed by atoms with van der Waals surface area (Å²) < 4.78 is 0. The van der Waals surface area contributed by atoms with Crippen LogP contribution in [0.3, 0.4) is 0 Å². The molecule has 1 aliphatic rings. The fourth-order valence-electron chi connectivity index (χ4n) is 2.76. The van der Waals surface area contributed by atoms with Crippen LogP contribution in [0, 0.1) is 12.8 Å². The van der Waals surface area contributed by atoms with Gasteiger partial charge in [0.15, 0.2) is 0 Å². The minimum Gasteiger partial charge on any atom is -0.330 e. The fraction of sp³-hybridized carbons (Fsp3) is 0.333. The Morgan fingerprint density at radius 2 is 2.26 bits per heavy atom. The van der Waals surface area contributed by atoms with Gasteiger partial charge in [-0.3, -0.25) is 9.78 Å². The Labute approximate surface area is 112 Å². The first-order valence-electron chi connectivity index (χ1n) is 6.55. The second kappa shape index (κ2) is 4.63. The number of fused-ring (bicyclic) bond motifs is 1. The molecule has 98 valence electrons. The van der Waals surface area contributed by atoms with Crippen LogP contribution in [0.4, 0.5) is 5.69 Å². The van der Waals surface area contributed by atoms with Gasteiger partial charge in [-0.15, -0.1) is 0 Å². The number of hydrogen-bond donors (Lipinski definition) is 1. The fourth-order valence-corrected chi connectivity index (χ4v) is 2.76. The largest absolute Gasteiger partial charge is 0.330 e. The molecule has 19 heavy (non-hydrogen) atoms. The Morgan fingerprint density at radius 1 is 1.42 bits per heavy atom. The molecule has 1 saturated heterocycles. The van der Waals surface area contributed by atoms with Crippen LogP contribution >= 0.6 is 0 Å². The highest BCUT2D eigenvalue weighted by atomic mass is 16.2. The number of pyridine rings is 1. The number of nitrogens with zero attached hydrogens (tertiary/aromatic N) is 2. The van der Waals surface area contributed by atoms with Crippen LogP contribution in [-0.4, -0.2) is 24.0 Å². The van der Waals surface area contributed by atoms with E-state index in [1.54, 1.807) is 6.20 Å². The Kier molecular flexibility index (Phi) is 2.95. The SMILES string of the molecule is Cc1ccc2ncccc2c1N1CC(CN)CC1=O. The number of hydrogen-bond acceptors (Lipinski definition) is 3. The molecule has 0 spiro atoms. The monoisotopic (exact) mass is 255 g/mol. The van der Waals surface area contributed by atoms with Crippen molar-refractivity contribution in [1.82, 2.24) is 4.98 Å². The third-order valence-corrected chi connectivity index (χ3v) is 3.77. The molecular formula is C15H17N3O. The van der Waals surface area contributed by atoms with Crippen LogP contribution in [0.2, 0.25) is 0 Å². The maximum Gasteiger partial charge on any atom is 0.227 e. The van der Waals surface area contributed by atoms with E-state index < -0.39 is 0 Å². The average Bonchev–Trinajstić information content (AvgIpc) is 2.80. The zero-order chi connectivity index (χ0) is 13.4. The van der Waals surface area contributed by atoms with Crippen molar-refractivity contribution in [2.75, 3.05) is 18.0 Å². The van der Waals surface area contributed by atoms with Crippen LogP contribution < -0.4 is 10.6 Å². The summed E-state index contributed by atoms with van der Waals surface area (Å²) in [5.41, 5.74) is 8.71. The van der Waals surface area contributed by atoms with Gasteiger partial charge >= 0.3 is 0 Å². The van der Waals surface area contributed by atoms with Gasteiger partial charge in [0.2, 0.25) is 5.91 Å². The normalized spacial score (nSPS) is 19.4. The first-order chi connectivity index (χ1) is 9.20. The molecule has 1 aromatic heterocycles. The number of amides is 1. The van der Waals surface area contributed by atoms with Gasteiger partial charge in [-0.2, -0.15) is 0 Å². The molecule has 2 heterocycles. The highest BCUT2D eigenvalue weighted by Crippen LogP contribution is 2.33. The third kappa shape index (κ3) is 1.98. The van der Waals surface area contributed by atoms with Crippen molar-refractivity contribution in [3.05, 3.63) is 36.0 Å². The highest BCUT2D eigenvalue weighted by Gasteiger charge is 2.31. The Balaban J connectivity index is 2.14. The van der Waals surface area contributed by atoms with E-state index >= 15 is 0 Å². The highest BCUT2D eigenvalue weighted by molar-refractivity contribution is 6.05. The van der Waals surface area contributed by atoms with E-state index in [1.165, 1.54) is 0 Å². The molecule has 1 aliphatic heterocycles. The van der Waals surface area contributed by atoms with Crippen LogP contribution in [0.1, 0.15) is 12.0 Å². The lowest BCUT2D eigenvalue weighted by Crippen LogP contribution is -2.26. The van der Waals surface area contributed by atoms with Crippen molar-refractivity contribution in [3.63, 3.8) is 0 Å². The smallest absolute Gasteiger partial charge is 0.227 e. The molecule has 0 aliphatic carbocycles. The van der Waals surface area contributed by atoms with Crippen molar-refractivity contribution in [2.45, 2.75) is 13.3 Å². The van der Waals surface area contributed by atoms with Crippen molar-refractivity contribution in [2.24, 2.45) is 11.7 Å². The Morgan fingerprint density at radius 3 is 3.00 bits per heavy atom. The van der Waals surface area contributed by atoms with Gasteiger partial charge < -0.3 is 10.6 Å². The summed E-state index contributed by atoms with van der Waals surface area (Å²) in [7, 11) is 0. The molecule has 1 aromatic carbocycles. The molecule has 0 bridgehead atoms. The van der Waals surface area contributed by atoms with E-state index in [-0.39, 0.29) is 11.8 Å². The van der Waals surface area contributed by atoms with Gasteiger partial charge in [0.25, 0.3) is 0 Å². The summed E-state index contributed by atoms with van der Waals surface area (Å²) in [6.45, 7) is 3.30. The minimum atomic E-state index is 0.162. The maximum absolute atomic E-state index is 12.2. The minimum absolute atomic E-state index is 0.162. The van der Waals surface area contributed by atoms with E-state index in [1.807, 2.05) is 36.1 Å². The van der Waals surface area contributed by atoms with E-state index in [9.17, 15) is 4.79 Å². The van der Waals surface area contributed by atoms with Crippen molar-refractivity contribution in [1.29, 1.82) is 0 Å². The Hall–Kier alpha value is -1.94. The molecule has 0 radical (unpaired) electrons. The van der Waals surface area contributed by atoms with Crippen LogP contribution in [0.5, 0.6) is 0 Å². The van der Waals surface area contributed by atoms with E-state index in [2.05, 4.69) is 4.98 Å². The van der Waals surface area contributed by atoms with Crippen LogP contribution in [0.25, 0.3) is 10.9 Å². The molecule has 1 atom stereocenters. The Bertz CT molecular complexity index is 638. The number of aryl methyl sites for hydroxylation is 1. The predicted molar refractivity (Wildman–Crippen MR) is 76.0 cm³/mol. The topological polar surface area (TPSA) is 59.2 Å². The lowest BCUT2D eigenvalue weighted by atomic mass is 10.1. The van der Waals surface area contributed by atoms with E-state index in [4.69, 9.17) is 5.73 Å². The molecular weight excluding hydrogens is 238 g/mol. The summed E-state index contributed by atoms with van der Waals surface area (Å²) in [6, 6.07) is 7.95. The van der Waals surface area contributed by atoms with Crippen molar-refractivity contribution in [3.8, 4) is 0 Å². The second-order valence-corrected chi connectivity index (χ2v) is 5.11. The zero-order valence-corrected chi connectivity index (χ0v) is 11.0. The summed E-state index contributed by atoms with van der Waals surface area (Å²) in [6.07, 6.45) is 2.32. The van der Waals surface area contributed by atoms with Gasteiger partial charge in [0.05, 0.1) is 11.2 Å². The van der Waals surface area contributed by atoms with Gasteiger partial charge in [-0.1, -0.05) is 6.07 Å². The standard InChI is InChI=1S/C15H17N3O/c1-10-4-5-13-12(3-2-6-17-13)15(10)18-9-11(8-16)7-14(18)19/h2-6,11H,7-9,16H2,1H3. The molecule has 4 heteroatoms. The zero-order valence-electron chi connectivity index (χ0n) is 11.0.